The van der Waals surface area contributed by atoms with Crippen molar-refractivity contribution in [2.75, 3.05) is 13.2 Å². The summed E-state index contributed by atoms with van der Waals surface area (Å²) in [4.78, 5) is 0. The van der Waals surface area contributed by atoms with Gasteiger partial charge in [-0.25, -0.2) is 0 Å². The highest BCUT2D eigenvalue weighted by Crippen LogP contribution is 2.27. The zero-order valence-electron chi connectivity index (χ0n) is 15.0. The van der Waals surface area contributed by atoms with Crippen LogP contribution in [0.3, 0.4) is 0 Å². The van der Waals surface area contributed by atoms with Crippen LogP contribution in [0, 0.1) is 11.8 Å². The summed E-state index contributed by atoms with van der Waals surface area (Å²) in [7, 11) is 0. The van der Waals surface area contributed by atoms with E-state index in [1.165, 1.54) is 38.1 Å². The summed E-state index contributed by atoms with van der Waals surface area (Å²) in [6.45, 7) is 3.54. The van der Waals surface area contributed by atoms with E-state index in [0.29, 0.717) is 25.0 Å². The quantitative estimate of drug-likeness (QED) is 0.355. The molecule has 146 valence electrons. The Labute approximate surface area is 149 Å². The molecule has 0 bridgehead atoms. The predicted octanol–water partition coefficient (Wildman–Crippen LogP) is 1.55. The molecule has 7 nitrogen and oxygen atoms in total. The molecule has 0 saturated heterocycles. The predicted molar refractivity (Wildman–Crippen MR) is 93.8 cm³/mol. The first-order valence-electron chi connectivity index (χ1n) is 8.49. The summed E-state index contributed by atoms with van der Waals surface area (Å²) in [5.41, 5.74) is 0. The highest BCUT2D eigenvalue weighted by Gasteiger charge is 2.19. The summed E-state index contributed by atoms with van der Waals surface area (Å²) in [5.74, 6) is 1.37. The number of aliphatic hydroxyl groups excluding tert-OH is 4. The minimum Gasteiger partial charge on any atom is -0.508 e. The maximum absolute atomic E-state index is 8.79. The van der Waals surface area contributed by atoms with Gasteiger partial charge in [-0.3, -0.25) is 0 Å². The summed E-state index contributed by atoms with van der Waals surface area (Å²) in [6.07, 6.45) is 2.65. The standard InChI is InChI=1S/C8H16O2.C6H6O2.C4H10O3/c9-5-7-1-2-8(6-10)4-3-7;7-5-1-2-6(8)4-3-5;1-3(5)7-4(2)6/h7-10H,1-6H2;1-4,7-8H;3-6H,1-2H3. The number of phenols is 2. The van der Waals surface area contributed by atoms with Gasteiger partial charge in [0.25, 0.3) is 0 Å². The Hall–Kier alpha value is -1.38. The van der Waals surface area contributed by atoms with Crippen LogP contribution in [0.5, 0.6) is 11.5 Å². The molecule has 2 rings (SSSR count). The van der Waals surface area contributed by atoms with Crippen LogP contribution in [0.25, 0.3) is 0 Å². The fraction of sp³-hybridized carbons (Fsp3) is 0.667. The van der Waals surface area contributed by atoms with Crippen LogP contribution in [-0.2, 0) is 4.74 Å². The molecule has 1 aliphatic carbocycles. The Morgan fingerprint density at radius 2 is 1.08 bits per heavy atom. The fourth-order valence-electron chi connectivity index (χ4n) is 2.33. The largest absolute Gasteiger partial charge is 0.508 e. The third-order valence-electron chi connectivity index (χ3n) is 3.73. The Bertz CT molecular complexity index is 373. The van der Waals surface area contributed by atoms with Gasteiger partial charge < -0.3 is 35.4 Å². The third kappa shape index (κ3) is 13.6. The van der Waals surface area contributed by atoms with Crippen LogP contribution >= 0.6 is 0 Å². The monoisotopic (exact) mass is 360 g/mol. The summed E-state index contributed by atoms with van der Waals surface area (Å²) in [6, 6.07) is 5.70. The number of hydrogen-bond acceptors (Lipinski definition) is 7. The molecule has 1 fully saturated rings. The molecule has 1 aromatic carbocycles. The van der Waals surface area contributed by atoms with E-state index >= 15 is 0 Å². The van der Waals surface area contributed by atoms with E-state index in [4.69, 9.17) is 30.6 Å². The second-order valence-electron chi connectivity index (χ2n) is 6.10. The van der Waals surface area contributed by atoms with Gasteiger partial charge in [-0.2, -0.15) is 0 Å². The Kier molecular flexibility index (Phi) is 13.1. The summed E-state index contributed by atoms with van der Waals surface area (Å²) >= 11 is 0. The summed E-state index contributed by atoms with van der Waals surface area (Å²) < 4.78 is 4.36. The van der Waals surface area contributed by atoms with Crippen molar-refractivity contribution in [1.82, 2.24) is 0 Å². The van der Waals surface area contributed by atoms with Crippen LogP contribution in [0.4, 0.5) is 0 Å². The van der Waals surface area contributed by atoms with Gasteiger partial charge in [0.2, 0.25) is 0 Å². The van der Waals surface area contributed by atoms with Crippen molar-refractivity contribution in [3.8, 4) is 11.5 Å². The van der Waals surface area contributed by atoms with E-state index in [2.05, 4.69) is 4.74 Å². The van der Waals surface area contributed by atoms with E-state index < -0.39 is 12.6 Å². The van der Waals surface area contributed by atoms with Gasteiger partial charge in [-0.05, 0) is 75.6 Å². The minimum atomic E-state index is -0.875. The average Bonchev–Trinajstić information content (AvgIpc) is 2.57. The van der Waals surface area contributed by atoms with E-state index in [0.717, 1.165) is 25.7 Å². The van der Waals surface area contributed by atoms with Gasteiger partial charge in [0.1, 0.15) is 11.5 Å². The van der Waals surface area contributed by atoms with E-state index in [1.807, 2.05) is 0 Å². The van der Waals surface area contributed by atoms with Crippen LogP contribution in [-0.4, -0.2) is 56.4 Å². The van der Waals surface area contributed by atoms with Crippen molar-refractivity contribution in [1.29, 1.82) is 0 Å². The number of aromatic hydroxyl groups is 2. The number of ether oxygens (including phenoxy) is 1. The van der Waals surface area contributed by atoms with Gasteiger partial charge in [0.15, 0.2) is 12.6 Å². The molecule has 2 atom stereocenters. The molecule has 0 heterocycles. The molecule has 0 amide bonds. The van der Waals surface area contributed by atoms with E-state index in [1.54, 1.807) is 0 Å². The molecule has 25 heavy (non-hydrogen) atoms. The number of phenolic OH excluding ortho intramolecular Hbond substituents is 2. The van der Waals surface area contributed by atoms with Gasteiger partial charge in [0, 0.05) is 13.2 Å². The minimum absolute atomic E-state index is 0.169. The molecule has 0 radical (unpaired) electrons. The molecule has 6 N–H and O–H groups in total. The topological polar surface area (TPSA) is 131 Å². The zero-order chi connectivity index (χ0) is 19.2. The number of benzene rings is 1. The van der Waals surface area contributed by atoms with E-state index in [9.17, 15) is 0 Å². The molecular weight excluding hydrogens is 328 g/mol. The normalized spacial score (nSPS) is 21.8. The number of rotatable bonds is 4. The molecule has 2 unspecified atom stereocenters. The van der Waals surface area contributed by atoms with Crippen molar-refractivity contribution in [3.63, 3.8) is 0 Å². The van der Waals surface area contributed by atoms with Crippen LogP contribution < -0.4 is 0 Å². The molecule has 1 saturated carbocycles. The average molecular weight is 360 g/mol. The number of hydrogen-bond donors (Lipinski definition) is 6. The first kappa shape index (κ1) is 23.6. The Morgan fingerprint density at radius 1 is 0.800 bits per heavy atom. The molecule has 0 spiro atoms. The van der Waals surface area contributed by atoms with Crippen LogP contribution in [0.15, 0.2) is 24.3 Å². The van der Waals surface area contributed by atoms with E-state index in [-0.39, 0.29) is 11.5 Å². The van der Waals surface area contributed by atoms with Gasteiger partial charge >= 0.3 is 0 Å². The van der Waals surface area contributed by atoms with Gasteiger partial charge in [0.05, 0.1) is 0 Å². The molecular formula is C18H32O7. The van der Waals surface area contributed by atoms with Crippen molar-refractivity contribution in [2.45, 2.75) is 52.1 Å². The molecule has 1 aromatic rings. The second-order valence-corrected chi connectivity index (χ2v) is 6.10. The lowest BCUT2D eigenvalue weighted by Crippen LogP contribution is -2.19. The lowest BCUT2D eigenvalue weighted by atomic mass is 9.83. The first-order valence-corrected chi connectivity index (χ1v) is 8.49. The highest BCUT2D eigenvalue weighted by molar-refractivity contribution is 5.28. The molecule has 0 aromatic heterocycles. The maximum Gasteiger partial charge on any atom is 0.154 e. The lowest BCUT2D eigenvalue weighted by molar-refractivity contribution is -0.190. The fourth-order valence-corrected chi connectivity index (χ4v) is 2.33. The zero-order valence-corrected chi connectivity index (χ0v) is 15.0. The van der Waals surface area contributed by atoms with Crippen LogP contribution in [0.1, 0.15) is 39.5 Å². The van der Waals surface area contributed by atoms with Crippen molar-refractivity contribution in [2.24, 2.45) is 11.8 Å². The van der Waals surface area contributed by atoms with Gasteiger partial charge in [-0.15, -0.1) is 0 Å². The third-order valence-corrected chi connectivity index (χ3v) is 3.73. The molecule has 0 aliphatic heterocycles. The SMILES string of the molecule is CC(O)OC(C)O.OCC1CCC(CO)CC1.Oc1ccc(O)cc1. The smallest absolute Gasteiger partial charge is 0.154 e. The summed E-state index contributed by atoms with van der Waals surface area (Å²) in [5, 5.41) is 51.5. The van der Waals surface area contributed by atoms with Gasteiger partial charge in [-0.1, -0.05) is 0 Å². The van der Waals surface area contributed by atoms with Crippen molar-refractivity contribution < 1.29 is 35.4 Å². The Balaban J connectivity index is 0.000000353. The molecule has 1 aliphatic rings. The maximum atomic E-state index is 8.79. The van der Waals surface area contributed by atoms with Crippen molar-refractivity contribution >= 4 is 0 Å². The number of aliphatic hydroxyl groups is 4. The lowest BCUT2D eigenvalue weighted by Gasteiger charge is -2.25. The highest BCUT2D eigenvalue weighted by atomic mass is 16.7. The van der Waals surface area contributed by atoms with Crippen molar-refractivity contribution in [3.05, 3.63) is 24.3 Å². The Morgan fingerprint density at radius 3 is 1.24 bits per heavy atom. The first-order chi connectivity index (χ1) is 11.8. The van der Waals surface area contributed by atoms with Crippen LogP contribution in [0.2, 0.25) is 0 Å². The molecule has 7 heteroatoms. The second kappa shape index (κ2) is 13.9.